The van der Waals surface area contributed by atoms with Gasteiger partial charge in [-0.15, -0.1) is 28.9 Å². The molecule has 4 aromatic rings. The number of aryl methyl sites for hydroxylation is 4. The van der Waals surface area contributed by atoms with Crippen molar-refractivity contribution in [3.8, 4) is 0 Å². The summed E-state index contributed by atoms with van der Waals surface area (Å²) in [7, 11) is 10.5. The lowest BCUT2D eigenvalue weighted by atomic mass is 10.3. The summed E-state index contributed by atoms with van der Waals surface area (Å²) < 4.78 is 6.20. The Hall–Kier alpha value is -5.59. The van der Waals surface area contributed by atoms with Crippen LogP contribution in [0.15, 0.2) is 54.3 Å². The molecule has 0 fully saturated rings. The van der Waals surface area contributed by atoms with Crippen LogP contribution in [0.25, 0.3) is 0 Å². The van der Waals surface area contributed by atoms with Crippen LogP contribution in [0.4, 0.5) is 27.5 Å². The van der Waals surface area contributed by atoms with Crippen molar-refractivity contribution in [3.63, 3.8) is 0 Å². The predicted octanol–water partition coefficient (Wildman–Crippen LogP) is 3.65. The number of aromatic nitrogens is 4. The van der Waals surface area contributed by atoms with E-state index in [0.29, 0.717) is 34.3 Å². The second kappa shape index (κ2) is 18.1. The van der Waals surface area contributed by atoms with Crippen LogP contribution >= 0.6 is 24.0 Å². The van der Waals surface area contributed by atoms with Crippen LogP contribution in [0.1, 0.15) is 48.4 Å². The lowest BCUT2D eigenvalue weighted by Gasteiger charge is -2.11. The van der Waals surface area contributed by atoms with Crippen LogP contribution in [0.3, 0.4) is 0 Å². The number of carbonyl (C=O) groups excluding carboxylic acids is 5. The van der Waals surface area contributed by atoms with Gasteiger partial charge in [0.15, 0.2) is 0 Å². The Morgan fingerprint density at radius 3 is 1.35 bits per heavy atom. The minimum atomic E-state index is -0.800. The Bertz CT molecular complexity index is 1940. The minimum Gasteiger partial charge on any atom is -0.351 e. The molecule has 4 rings (SSSR count). The maximum absolute atomic E-state index is 13.2. The normalized spacial score (nSPS) is 10.7. The number of hydrogen-bond donors (Lipinski definition) is 5. The summed E-state index contributed by atoms with van der Waals surface area (Å²) in [6.07, 6.45) is 7.07. The summed E-state index contributed by atoms with van der Waals surface area (Å²) in [4.78, 5) is 77.2. The highest BCUT2D eigenvalue weighted by Crippen LogP contribution is 2.21. The maximum atomic E-state index is 13.2. The molecule has 0 aromatic carbocycles. The number of alkyl halides is 1. The Balaban J connectivity index is 0.00000729. The summed E-state index contributed by atoms with van der Waals surface area (Å²) in [5.41, 5.74) is 2.44. The van der Waals surface area contributed by atoms with Crippen molar-refractivity contribution in [1.82, 2.24) is 33.5 Å². The van der Waals surface area contributed by atoms with E-state index in [9.17, 15) is 28.9 Å². The number of halogens is 2. The van der Waals surface area contributed by atoms with Crippen LogP contribution in [0.2, 0.25) is 0 Å². The molecule has 0 bridgehead atoms. The summed E-state index contributed by atoms with van der Waals surface area (Å²) in [5.74, 6) is -1.69. The third-order valence-corrected chi connectivity index (χ3v) is 7.84. The number of hydrogen-bond acceptors (Lipinski definition) is 8. The molecule has 0 radical (unpaired) electrons. The largest absolute Gasteiger partial charge is 0.351 e. The quantitative estimate of drug-likeness (QED) is 0.0527. The van der Waals surface area contributed by atoms with E-state index < -0.39 is 23.8 Å². The first kappa shape index (κ1) is 40.8. The molecule has 280 valence electrons. The number of nitrogens with one attached hydrogen (secondary N) is 5. The van der Waals surface area contributed by atoms with E-state index in [2.05, 4.69) is 31.9 Å². The number of urea groups is 1. The Morgan fingerprint density at radius 1 is 0.635 bits per heavy atom. The molecule has 0 unspecified atom stereocenters. The number of amides is 6. The second-order valence-corrected chi connectivity index (χ2v) is 12.4. The molecular weight excluding hydrogens is 719 g/mol. The number of anilines is 4. The van der Waals surface area contributed by atoms with Gasteiger partial charge in [0.05, 0.1) is 34.6 Å². The molecule has 0 saturated carbocycles. The van der Waals surface area contributed by atoms with E-state index in [1.807, 2.05) is 19.0 Å². The van der Waals surface area contributed by atoms with Gasteiger partial charge in [-0.2, -0.15) is 5.01 Å². The van der Waals surface area contributed by atoms with Crippen molar-refractivity contribution in [2.24, 2.45) is 33.5 Å². The third-order valence-electron chi connectivity index (χ3n) is 7.67. The minimum absolute atomic E-state index is 0. The fourth-order valence-corrected chi connectivity index (χ4v) is 5.32. The van der Waals surface area contributed by atoms with Crippen molar-refractivity contribution in [3.05, 3.63) is 76.7 Å². The van der Waals surface area contributed by atoms with Crippen molar-refractivity contribution in [2.75, 3.05) is 60.9 Å². The van der Waals surface area contributed by atoms with Gasteiger partial charge in [-0.25, -0.2) is 4.79 Å². The first-order valence-electron chi connectivity index (χ1n) is 15.7. The molecule has 0 aliphatic rings. The lowest BCUT2D eigenvalue weighted by Crippen LogP contribution is -2.31. The van der Waals surface area contributed by atoms with Crippen molar-refractivity contribution in [1.29, 1.82) is 0 Å². The molecule has 0 spiro atoms. The van der Waals surface area contributed by atoms with Gasteiger partial charge in [0.1, 0.15) is 22.8 Å². The topological polar surface area (TPSA) is 201 Å². The maximum Gasteiger partial charge on any atom is 0.344 e. The highest BCUT2D eigenvalue weighted by Gasteiger charge is 2.21. The van der Waals surface area contributed by atoms with Crippen LogP contribution in [-0.2, 0) is 28.2 Å². The predicted molar refractivity (Wildman–Crippen MR) is 201 cm³/mol. The van der Waals surface area contributed by atoms with Crippen LogP contribution < -0.4 is 26.6 Å². The number of nitrogens with zero attached hydrogens (tertiary/aromatic N) is 7. The number of carbonyl (C=O) groups is 5. The first-order valence-corrected chi connectivity index (χ1v) is 16.2. The molecule has 0 atom stereocenters. The van der Waals surface area contributed by atoms with Crippen molar-refractivity contribution < 1.29 is 24.0 Å². The van der Waals surface area contributed by atoms with Gasteiger partial charge in [-0.3, -0.25) is 19.2 Å². The Morgan fingerprint density at radius 2 is 1.00 bits per heavy atom. The molecule has 0 aliphatic heterocycles. The van der Waals surface area contributed by atoms with Crippen molar-refractivity contribution in [2.45, 2.75) is 6.42 Å². The molecule has 5 N–H and O–H groups in total. The van der Waals surface area contributed by atoms with Gasteiger partial charge in [0.2, 0.25) is 0 Å². The standard InChI is InChI=1S/C32H41ClN12O6.ClH/c1-40(2)10-7-9-34-28(46)24-12-20(16-41(24)3)35-29(47)25-13-21(17-42(25)4)36-30(48)26-14-22(18-43(26)5)37-31(49)27-15-23(19-44(27)6)38-32(50)45(39-51)11-8-33;/h12-19H,7-11H2,1-6H3,(H,34,46)(H,35,47)(H,36,48)(H,37,49)(H,38,50);1H. The first-order chi connectivity index (χ1) is 24.2. The van der Waals surface area contributed by atoms with Crippen LogP contribution in [-0.4, -0.2) is 97.4 Å². The smallest absolute Gasteiger partial charge is 0.344 e. The molecular formula is C32H42Cl2N12O6. The molecule has 4 heterocycles. The van der Waals surface area contributed by atoms with E-state index in [1.54, 1.807) is 62.0 Å². The van der Waals surface area contributed by atoms with Crippen molar-refractivity contribution >= 4 is 76.4 Å². The Kier molecular flexibility index (Phi) is 14.2. The van der Waals surface area contributed by atoms with Gasteiger partial charge >= 0.3 is 6.03 Å². The highest BCUT2D eigenvalue weighted by atomic mass is 35.5. The summed E-state index contributed by atoms with van der Waals surface area (Å²) in [6.45, 7) is 1.28. The summed E-state index contributed by atoms with van der Waals surface area (Å²) in [6, 6.07) is 5.21. The molecule has 6 amide bonds. The van der Waals surface area contributed by atoms with E-state index in [0.717, 1.165) is 13.0 Å². The zero-order chi connectivity index (χ0) is 37.4. The fraction of sp³-hybridized carbons (Fsp3) is 0.344. The monoisotopic (exact) mass is 760 g/mol. The molecule has 4 aromatic heterocycles. The van der Waals surface area contributed by atoms with Gasteiger partial charge < -0.3 is 49.8 Å². The molecule has 0 saturated heterocycles. The SMILES string of the molecule is CN(C)CCCNC(=O)c1cc(NC(=O)c2cc(NC(=O)c3cc(NC(=O)c4cc(NC(=O)N(CCCl)N=O)cn4C)cn3C)cn2C)cn1C.Cl. The average molecular weight is 762 g/mol. The zero-order valence-electron chi connectivity index (χ0n) is 29.5. The molecule has 20 heteroatoms. The van der Waals surface area contributed by atoms with Gasteiger partial charge in [-0.1, -0.05) is 0 Å². The summed E-state index contributed by atoms with van der Waals surface area (Å²) in [5, 5.41) is 16.9. The number of rotatable bonds is 15. The van der Waals surface area contributed by atoms with E-state index in [1.165, 1.54) is 33.5 Å². The third kappa shape index (κ3) is 10.2. The fourth-order valence-electron chi connectivity index (χ4n) is 5.16. The van der Waals surface area contributed by atoms with E-state index >= 15 is 0 Å². The summed E-state index contributed by atoms with van der Waals surface area (Å²) >= 11 is 5.59. The van der Waals surface area contributed by atoms with Gasteiger partial charge in [0, 0.05) is 65.4 Å². The Labute approximate surface area is 310 Å². The highest BCUT2D eigenvalue weighted by molar-refractivity contribution is 6.18. The molecule has 52 heavy (non-hydrogen) atoms. The zero-order valence-corrected chi connectivity index (χ0v) is 31.1. The van der Waals surface area contributed by atoms with Gasteiger partial charge in [0.25, 0.3) is 23.6 Å². The van der Waals surface area contributed by atoms with E-state index in [4.69, 9.17) is 11.6 Å². The number of nitroso groups, excluding NO2 is 1. The average Bonchev–Trinajstić information content (AvgIpc) is 3.82. The van der Waals surface area contributed by atoms with Gasteiger partial charge in [-0.05, 0) is 51.3 Å². The van der Waals surface area contributed by atoms with Crippen LogP contribution in [0.5, 0.6) is 0 Å². The second-order valence-electron chi connectivity index (χ2n) is 12.0. The molecule has 0 aliphatic carbocycles. The van der Waals surface area contributed by atoms with Crippen LogP contribution in [0, 0.1) is 4.91 Å². The lowest BCUT2D eigenvalue weighted by molar-refractivity contribution is 0.0942. The molecule has 18 nitrogen and oxygen atoms in total. The van der Waals surface area contributed by atoms with E-state index in [-0.39, 0.29) is 53.5 Å².